The number of carbonyl (C=O) groups is 1. The molecule has 1 aliphatic heterocycles. The Morgan fingerprint density at radius 3 is 2.41 bits per heavy atom. The number of rotatable bonds is 7. The number of ether oxygens (including phenoxy) is 1. The molecule has 1 saturated heterocycles. The maximum Gasteiger partial charge on any atom is 0.329 e. The Bertz CT molecular complexity index is 259. The van der Waals surface area contributed by atoms with E-state index in [4.69, 9.17) is 9.84 Å². The van der Waals surface area contributed by atoms with Crippen molar-refractivity contribution < 1.29 is 14.6 Å². The lowest BCUT2D eigenvalue weighted by Gasteiger charge is -2.50. The molecule has 4 nitrogen and oxygen atoms in total. The molecular weight excluding hydrogens is 218 g/mol. The first-order valence-electron chi connectivity index (χ1n) is 6.42. The highest BCUT2D eigenvalue weighted by atomic mass is 16.5. The molecule has 0 aromatic heterocycles. The normalized spacial score (nSPS) is 21.2. The van der Waals surface area contributed by atoms with Crippen molar-refractivity contribution in [3.05, 3.63) is 0 Å². The monoisotopic (exact) mass is 243 g/mol. The van der Waals surface area contributed by atoms with Crippen molar-refractivity contribution in [2.45, 2.75) is 52.2 Å². The lowest BCUT2D eigenvalue weighted by Crippen LogP contribution is -2.64. The summed E-state index contributed by atoms with van der Waals surface area (Å²) in [6, 6.07) is 0.568. The van der Waals surface area contributed by atoms with E-state index in [-0.39, 0.29) is 12.2 Å². The molecule has 1 aliphatic rings. The van der Waals surface area contributed by atoms with Crippen molar-refractivity contribution in [2.75, 3.05) is 19.7 Å². The van der Waals surface area contributed by atoms with Crippen molar-refractivity contribution in [3.8, 4) is 0 Å². The van der Waals surface area contributed by atoms with Gasteiger partial charge >= 0.3 is 5.97 Å². The van der Waals surface area contributed by atoms with Crippen LogP contribution >= 0.6 is 0 Å². The number of hydrogen-bond donors (Lipinski definition) is 1. The summed E-state index contributed by atoms with van der Waals surface area (Å²) in [7, 11) is 0. The summed E-state index contributed by atoms with van der Waals surface area (Å²) in [5.74, 6) is -0.147. The fraction of sp³-hybridized carbons (Fsp3) is 0.923. The largest absolute Gasteiger partial charge is 0.480 e. The Hall–Kier alpha value is -0.610. The Balaban J connectivity index is 2.22. The molecule has 0 bridgehead atoms. The van der Waals surface area contributed by atoms with Crippen LogP contribution in [0.25, 0.3) is 0 Å². The SMILES string of the molecule is CC(C)CCC(C)N1CC(C)(OCC(=O)O)C1. The highest BCUT2D eigenvalue weighted by Gasteiger charge is 2.41. The molecule has 1 fully saturated rings. The molecule has 1 heterocycles. The summed E-state index contributed by atoms with van der Waals surface area (Å²) in [6.07, 6.45) is 2.44. The zero-order valence-corrected chi connectivity index (χ0v) is 11.4. The number of aliphatic carboxylic acids is 1. The highest BCUT2D eigenvalue weighted by molar-refractivity contribution is 5.68. The molecule has 0 aromatic carbocycles. The molecule has 100 valence electrons. The molecule has 0 saturated carbocycles. The summed E-state index contributed by atoms with van der Waals surface area (Å²) >= 11 is 0. The average molecular weight is 243 g/mol. The maximum atomic E-state index is 10.4. The molecule has 1 atom stereocenters. The zero-order valence-electron chi connectivity index (χ0n) is 11.4. The van der Waals surface area contributed by atoms with Gasteiger partial charge in [0.1, 0.15) is 6.61 Å². The molecule has 17 heavy (non-hydrogen) atoms. The molecule has 4 heteroatoms. The third kappa shape index (κ3) is 4.64. The van der Waals surface area contributed by atoms with E-state index in [0.717, 1.165) is 19.0 Å². The molecule has 1 unspecified atom stereocenters. The molecule has 1 N–H and O–H groups in total. The van der Waals surface area contributed by atoms with Gasteiger partial charge in [-0.3, -0.25) is 4.90 Å². The summed E-state index contributed by atoms with van der Waals surface area (Å²) in [5, 5.41) is 8.58. The van der Waals surface area contributed by atoms with Gasteiger partial charge in [-0.25, -0.2) is 4.79 Å². The fourth-order valence-corrected chi connectivity index (χ4v) is 2.21. The Kier molecular flexibility index (Phi) is 4.95. The average Bonchev–Trinajstić information content (AvgIpc) is 2.19. The van der Waals surface area contributed by atoms with E-state index in [2.05, 4.69) is 25.7 Å². The topological polar surface area (TPSA) is 49.8 Å². The van der Waals surface area contributed by atoms with E-state index in [1.807, 2.05) is 6.92 Å². The minimum Gasteiger partial charge on any atom is -0.480 e. The first kappa shape index (κ1) is 14.5. The third-order valence-corrected chi connectivity index (χ3v) is 3.40. The molecule has 0 radical (unpaired) electrons. The summed E-state index contributed by atoms with van der Waals surface area (Å²) in [5.41, 5.74) is -0.259. The van der Waals surface area contributed by atoms with Gasteiger partial charge in [-0.05, 0) is 32.6 Å². The van der Waals surface area contributed by atoms with Gasteiger partial charge in [-0.15, -0.1) is 0 Å². The zero-order chi connectivity index (χ0) is 13.1. The van der Waals surface area contributed by atoms with Crippen LogP contribution in [0, 0.1) is 5.92 Å². The number of nitrogens with zero attached hydrogens (tertiary/aromatic N) is 1. The second-order valence-corrected chi connectivity index (χ2v) is 5.86. The number of likely N-dealkylation sites (tertiary alicyclic amines) is 1. The van der Waals surface area contributed by atoms with E-state index in [1.165, 1.54) is 12.8 Å². The standard InChI is InChI=1S/C13H25NO3/c1-10(2)5-6-11(3)14-8-13(4,9-14)17-7-12(15)16/h10-11H,5-9H2,1-4H3,(H,15,16). The van der Waals surface area contributed by atoms with E-state index in [0.29, 0.717) is 6.04 Å². The third-order valence-electron chi connectivity index (χ3n) is 3.40. The summed E-state index contributed by atoms with van der Waals surface area (Å²) < 4.78 is 5.39. The van der Waals surface area contributed by atoms with Crippen molar-refractivity contribution in [2.24, 2.45) is 5.92 Å². The van der Waals surface area contributed by atoms with Crippen LogP contribution in [0.1, 0.15) is 40.5 Å². The van der Waals surface area contributed by atoms with Crippen LogP contribution < -0.4 is 0 Å². The highest BCUT2D eigenvalue weighted by Crippen LogP contribution is 2.28. The maximum absolute atomic E-state index is 10.4. The summed E-state index contributed by atoms with van der Waals surface area (Å²) in [6.45, 7) is 10.2. The quantitative estimate of drug-likeness (QED) is 0.743. The molecule has 0 spiro atoms. The lowest BCUT2D eigenvalue weighted by atomic mass is 9.92. The van der Waals surface area contributed by atoms with E-state index >= 15 is 0 Å². The van der Waals surface area contributed by atoms with Crippen LogP contribution in [0.15, 0.2) is 0 Å². The molecular formula is C13H25NO3. The minimum absolute atomic E-state index is 0.190. The minimum atomic E-state index is -0.891. The van der Waals surface area contributed by atoms with Crippen molar-refractivity contribution in [3.63, 3.8) is 0 Å². The van der Waals surface area contributed by atoms with Crippen LogP contribution in [-0.2, 0) is 9.53 Å². The second kappa shape index (κ2) is 5.83. The summed E-state index contributed by atoms with van der Waals surface area (Å²) in [4.78, 5) is 12.8. The molecule has 0 aromatic rings. The van der Waals surface area contributed by atoms with Gasteiger partial charge in [0.2, 0.25) is 0 Å². The molecule has 0 amide bonds. The van der Waals surface area contributed by atoms with Gasteiger partial charge in [-0.1, -0.05) is 13.8 Å². The Morgan fingerprint density at radius 1 is 1.35 bits per heavy atom. The fourth-order valence-electron chi connectivity index (χ4n) is 2.21. The van der Waals surface area contributed by atoms with Crippen LogP contribution in [-0.4, -0.2) is 47.3 Å². The van der Waals surface area contributed by atoms with E-state index in [9.17, 15) is 4.79 Å². The van der Waals surface area contributed by atoms with Crippen molar-refractivity contribution in [1.82, 2.24) is 4.90 Å². The van der Waals surface area contributed by atoms with Crippen LogP contribution in [0.3, 0.4) is 0 Å². The first-order chi connectivity index (χ1) is 7.82. The first-order valence-corrected chi connectivity index (χ1v) is 6.42. The number of hydrogen-bond acceptors (Lipinski definition) is 3. The van der Waals surface area contributed by atoms with Crippen LogP contribution in [0.4, 0.5) is 0 Å². The van der Waals surface area contributed by atoms with Gasteiger partial charge in [0.15, 0.2) is 0 Å². The Labute approximate surface area is 104 Å². The van der Waals surface area contributed by atoms with Gasteiger partial charge < -0.3 is 9.84 Å². The number of carboxylic acids is 1. The molecule has 1 rings (SSSR count). The Morgan fingerprint density at radius 2 is 1.94 bits per heavy atom. The van der Waals surface area contributed by atoms with Crippen LogP contribution in [0.5, 0.6) is 0 Å². The number of carboxylic acid groups (broad SMARTS) is 1. The predicted molar refractivity (Wildman–Crippen MR) is 67.1 cm³/mol. The second-order valence-electron chi connectivity index (χ2n) is 5.86. The van der Waals surface area contributed by atoms with Crippen molar-refractivity contribution >= 4 is 5.97 Å². The van der Waals surface area contributed by atoms with Crippen LogP contribution in [0.2, 0.25) is 0 Å². The molecule has 0 aliphatic carbocycles. The lowest BCUT2D eigenvalue weighted by molar-refractivity contribution is -0.169. The van der Waals surface area contributed by atoms with E-state index in [1.54, 1.807) is 0 Å². The smallest absolute Gasteiger partial charge is 0.329 e. The van der Waals surface area contributed by atoms with Gasteiger partial charge in [0.05, 0.1) is 5.60 Å². The van der Waals surface area contributed by atoms with Gasteiger partial charge in [0, 0.05) is 19.1 Å². The van der Waals surface area contributed by atoms with E-state index < -0.39 is 5.97 Å². The van der Waals surface area contributed by atoms with Gasteiger partial charge in [0.25, 0.3) is 0 Å². The van der Waals surface area contributed by atoms with Crippen molar-refractivity contribution in [1.29, 1.82) is 0 Å². The van der Waals surface area contributed by atoms with Gasteiger partial charge in [-0.2, -0.15) is 0 Å². The predicted octanol–water partition coefficient (Wildman–Crippen LogP) is 1.99.